The first-order chi connectivity index (χ1) is 20.1. The highest BCUT2D eigenvalue weighted by Crippen LogP contribution is 2.53. The lowest BCUT2D eigenvalue weighted by atomic mass is 9.65. The van der Waals surface area contributed by atoms with Crippen molar-refractivity contribution in [2.24, 2.45) is 16.7 Å². The first-order valence-electron chi connectivity index (χ1n) is 15.1. The Morgan fingerprint density at radius 2 is 1.91 bits per heavy atom. The Balaban J connectivity index is 1.30. The molecule has 2 aromatic rings. The highest BCUT2D eigenvalue weighted by molar-refractivity contribution is 7.89. The number of anilines is 1. The van der Waals surface area contributed by atoms with Crippen LogP contribution >= 0.6 is 11.3 Å². The van der Waals surface area contributed by atoms with Crippen LogP contribution in [0.5, 0.6) is 0 Å². The summed E-state index contributed by atoms with van der Waals surface area (Å²) < 4.78 is 39.8. The predicted octanol–water partition coefficient (Wildman–Crippen LogP) is 5.82. The van der Waals surface area contributed by atoms with Crippen molar-refractivity contribution in [3.8, 4) is 0 Å². The van der Waals surface area contributed by atoms with Crippen molar-refractivity contribution in [2.45, 2.75) is 97.1 Å². The molecule has 1 aliphatic heterocycles. The highest BCUT2D eigenvalue weighted by Gasteiger charge is 2.53. The predicted molar refractivity (Wildman–Crippen MR) is 165 cm³/mol. The van der Waals surface area contributed by atoms with E-state index in [9.17, 15) is 22.8 Å². The van der Waals surface area contributed by atoms with Gasteiger partial charge in [0.2, 0.25) is 10.0 Å². The lowest BCUT2D eigenvalue weighted by Gasteiger charge is -2.39. The Bertz CT molecular complexity index is 1550. The zero-order valence-electron chi connectivity index (χ0n) is 25.8. The second kappa shape index (κ2) is 11.6. The van der Waals surface area contributed by atoms with E-state index in [1.165, 1.54) is 42.5 Å². The third kappa shape index (κ3) is 6.40. The molecule has 1 N–H and O–H groups in total. The molecule has 5 rings (SSSR count). The fourth-order valence-corrected chi connectivity index (χ4v) is 10.6. The van der Waals surface area contributed by atoms with Crippen molar-refractivity contribution < 1.29 is 32.3 Å². The van der Waals surface area contributed by atoms with E-state index < -0.39 is 34.0 Å². The van der Waals surface area contributed by atoms with Gasteiger partial charge in [0.25, 0.3) is 5.91 Å². The van der Waals surface area contributed by atoms with E-state index in [1.54, 1.807) is 11.2 Å². The van der Waals surface area contributed by atoms with Crippen molar-refractivity contribution in [2.75, 3.05) is 18.5 Å². The fraction of sp³-hybridized carbons (Fsp3) is 0.594. The molecule has 2 aliphatic carbocycles. The molecule has 3 aliphatic rings. The van der Waals surface area contributed by atoms with Gasteiger partial charge in [0, 0.05) is 17.5 Å². The summed E-state index contributed by atoms with van der Waals surface area (Å²) >= 11 is 1.36. The number of nitrogens with zero attached hydrogens (tertiary/aromatic N) is 1. The van der Waals surface area contributed by atoms with Crippen molar-refractivity contribution in [3.05, 3.63) is 45.8 Å². The molecule has 1 saturated heterocycles. The van der Waals surface area contributed by atoms with Crippen LogP contribution in [0.4, 0.5) is 5.00 Å². The summed E-state index contributed by atoms with van der Waals surface area (Å²) in [5.74, 6) is -1.40. The normalized spacial score (nSPS) is 25.4. The molecule has 2 bridgehead atoms. The number of carbonyl (C=O) groups is 3. The number of sulfonamides is 1. The molecule has 2 fully saturated rings. The van der Waals surface area contributed by atoms with Crippen LogP contribution in [0.3, 0.4) is 0 Å². The monoisotopic (exact) mass is 630 g/mol. The summed E-state index contributed by atoms with van der Waals surface area (Å²) in [4.78, 5) is 40.1. The Labute approximate surface area is 258 Å². The van der Waals surface area contributed by atoms with Gasteiger partial charge in [-0.05, 0) is 92.9 Å². The molecule has 0 spiro atoms. The van der Waals surface area contributed by atoms with Gasteiger partial charge in [0.1, 0.15) is 5.00 Å². The lowest BCUT2D eigenvalue weighted by Crippen LogP contribution is -2.37. The van der Waals surface area contributed by atoms with Gasteiger partial charge in [-0.15, -0.1) is 11.3 Å². The molecule has 1 aromatic carbocycles. The molecule has 0 unspecified atom stereocenters. The molecule has 234 valence electrons. The number of carbonyl (C=O) groups excluding carboxylic acids is 3. The maximum atomic E-state index is 13.7. The minimum absolute atomic E-state index is 0.0329. The van der Waals surface area contributed by atoms with E-state index in [0.717, 1.165) is 49.0 Å². The van der Waals surface area contributed by atoms with E-state index in [1.807, 2.05) is 0 Å². The Kier molecular flexibility index (Phi) is 8.56. The largest absolute Gasteiger partial charge is 0.462 e. The minimum Gasteiger partial charge on any atom is -0.462 e. The number of amides is 1. The summed E-state index contributed by atoms with van der Waals surface area (Å²) in [6.45, 7) is 12.5. The standard InChI is InChI=1S/C32H42N2O7S2/c1-7-40-30(37)26-24-12-11-19(2)13-25(24)42-28(26)33-27(35)20(3)41-29(36)21-9-8-10-23(14-21)43(38,39)34-18-32(6)16-22(34)15-31(4,5)17-32/h8-10,14,19-20,22H,7,11-13,15-18H2,1-6H3,(H,33,35)/t19-,20-,22+,32-/m0/s1. The van der Waals surface area contributed by atoms with E-state index in [0.29, 0.717) is 23.0 Å². The number of thiophene rings is 1. The van der Waals surface area contributed by atoms with Gasteiger partial charge in [-0.2, -0.15) is 4.31 Å². The van der Waals surface area contributed by atoms with E-state index >= 15 is 0 Å². The number of rotatable bonds is 8. The second-order valence-corrected chi connectivity index (χ2v) is 16.6. The van der Waals surface area contributed by atoms with Crippen LogP contribution in [0.2, 0.25) is 0 Å². The summed E-state index contributed by atoms with van der Waals surface area (Å²) in [6, 6.07) is 5.74. The fourth-order valence-electron chi connectivity index (χ4n) is 7.36. The van der Waals surface area contributed by atoms with Gasteiger partial charge in [-0.25, -0.2) is 18.0 Å². The smallest absolute Gasteiger partial charge is 0.341 e. The average molecular weight is 631 g/mol. The van der Waals surface area contributed by atoms with Gasteiger partial charge in [0.05, 0.1) is 22.6 Å². The minimum atomic E-state index is -3.84. The van der Waals surface area contributed by atoms with Crippen LogP contribution in [-0.4, -0.2) is 55.9 Å². The summed E-state index contributed by atoms with van der Waals surface area (Å²) in [7, 11) is -3.84. The maximum Gasteiger partial charge on any atom is 0.341 e. The number of ether oxygens (including phenoxy) is 2. The number of hydrogen-bond donors (Lipinski definition) is 1. The molecular weight excluding hydrogens is 588 g/mol. The number of esters is 2. The molecule has 1 saturated carbocycles. The third-order valence-electron chi connectivity index (χ3n) is 8.92. The van der Waals surface area contributed by atoms with Crippen LogP contribution in [0.15, 0.2) is 29.2 Å². The topological polar surface area (TPSA) is 119 Å². The lowest BCUT2D eigenvalue weighted by molar-refractivity contribution is -0.123. The van der Waals surface area contributed by atoms with Crippen molar-refractivity contribution in [1.29, 1.82) is 0 Å². The average Bonchev–Trinajstić information content (AvgIpc) is 3.40. The zero-order valence-corrected chi connectivity index (χ0v) is 27.5. The van der Waals surface area contributed by atoms with Gasteiger partial charge >= 0.3 is 11.9 Å². The van der Waals surface area contributed by atoms with Crippen LogP contribution in [0, 0.1) is 16.7 Å². The first-order valence-corrected chi connectivity index (χ1v) is 17.3. The number of nitrogens with one attached hydrogen (secondary N) is 1. The van der Waals surface area contributed by atoms with Crippen molar-refractivity contribution in [1.82, 2.24) is 4.31 Å². The molecule has 1 aromatic heterocycles. The summed E-state index contributed by atoms with van der Waals surface area (Å²) in [5, 5.41) is 3.18. The van der Waals surface area contributed by atoms with Crippen LogP contribution in [0.25, 0.3) is 0 Å². The Hall–Kier alpha value is -2.76. The van der Waals surface area contributed by atoms with Gasteiger partial charge in [0.15, 0.2) is 6.10 Å². The highest BCUT2D eigenvalue weighted by atomic mass is 32.2. The van der Waals surface area contributed by atoms with Crippen LogP contribution in [-0.2, 0) is 37.1 Å². The Morgan fingerprint density at radius 3 is 2.63 bits per heavy atom. The van der Waals surface area contributed by atoms with Crippen molar-refractivity contribution >= 4 is 44.2 Å². The molecule has 9 nitrogen and oxygen atoms in total. The first kappa shape index (κ1) is 31.7. The molecule has 4 atom stereocenters. The zero-order chi connectivity index (χ0) is 31.3. The number of hydrogen-bond acceptors (Lipinski definition) is 8. The Morgan fingerprint density at radius 1 is 1.16 bits per heavy atom. The number of fused-ring (bicyclic) bond motifs is 3. The SMILES string of the molecule is CCOC(=O)c1c(NC(=O)[C@H](C)OC(=O)c2cccc(S(=O)(=O)N3C[C@@]4(C)C[C@H]3CC(C)(C)C4)c2)sc2c1CC[C@H](C)C2. The molecule has 1 amide bonds. The van der Waals surface area contributed by atoms with Crippen LogP contribution in [0.1, 0.15) is 98.4 Å². The van der Waals surface area contributed by atoms with E-state index in [2.05, 4.69) is 33.0 Å². The summed E-state index contributed by atoms with van der Waals surface area (Å²) in [5.41, 5.74) is 1.32. The van der Waals surface area contributed by atoms with Crippen molar-refractivity contribution in [3.63, 3.8) is 0 Å². The quantitative estimate of drug-likeness (QED) is 0.365. The van der Waals surface area contributed by atoms with Gasteiger partial charge < -0.3 is 14.8 Å². The van der Waals surface area contributed by atoms with E-state index in [-0.39, 0.29) is 33.9 Å². The maximum absolute atomic E-state index is 13.7. The molecule has 2 heterocycles. The third-order valence-corrected chi connectivity index (χ3v) is 12.0. The molecule has 43 heavy (non-hydrogen) atoms. The molecule has 0 radical (unpaired) electrons. The summed E-state index contributed by atoms with van der Waals surface area (Å²) in [6.07, 6.45) is 3.89. The molecular formula is C32H42N2O7S2. The molecule has 11 heteroatoms. The van der Waals surface area contributed by atoms with E-state index in [4.69, 9.17) is 9.47 Å². The second-order valence-electron chi connectivity index (χ2n) is 13.6. The van der Waals surface area contributed by atoms with Gasteiger partial charge in [-0.3, -0.25) is 4.79 Å². The van der Waals surface area contributed by atoms with Crippen LogP contribution < -0.4 is 5.32 Å². The van der Waals surface area contributed by atoms with Gasteiger partial charge in [-0.1, -0.05) is 33.8 Å². The number of benzene rings is 1.